The summed E-state index contributed by atoms with van der Waals surface area (Å²) in [4.78, 5) is 4.35. The Labute approximate surface area is 104 Å². The second-order valence-electron chi connectivity index (χ2n) is 5.65. The zero-order valence-corrected chi connectivity index (χ0v) is 11.3. The van der Waals surface area contributed by atoms with E-state index in [9.17, 15) is 5.11 Å². The van der Waals surface area contributed by atoms with Gasteiger partial charge in [-0.25, -0.2) is 0 Å². The lowest BCUT2D eigenvalue weighted by molar-refractivity contribution is 0.128. The van der Waals surface area contributed by atoms with E-state index in [4.69, 9.17) is 0 Å². The maximum absolute atomic E-state index is 9.39. The van der Waals surface area contributed by atoms with E-state index in [1.165, 1.54) is 5.56 Å². The van der Waals surface area contributed by atoms with Crippen molar-refractivity contribution in [3.8, 4) is 0 Å². The van der Waals surface area contributed by atoms with Gasteiger partial charge in [0, 0.05) is 19.3 Å². The van der Waals surface area contributed by atoms with Gasteiger partial charge in [-0.3, -0.25) is 4.98 Å². The highest BCUT2D eigenvalue weighted by Crippen LogP contribution is 2.21. The number of aliphatic hydroxyl groups is 1. The molecular weight excluding hydrogens is 212 g/mol. The fourth-order valence-electron chi connectivity index (χ4n) is 2.00. The summed E-state index contributed by atoms with van der Waals surface area (Å²) in [6.07, 6.45) is 2.45. The summed E-state index contributed by atoms with van der Waals surface area (Å²) in [5.41, 5.74) is 2.35. The van der Waals surface area contributed by atoms with Gasteiger partial charge in [0.2, 0.25) is 0 Å². The molecule has 1 atom stereocenters. The molecule has 0 amide bonds. The molecule has 0 saturated carbocycles. The Morgan fingerprint density at radius 1 is 1.41 bits per heavy atom. The van der Waals surface area contributed by atoms with Crippen molar-refractivity contribution in [3.63, 3.8) is 0 Å². The quantitative estimate of drug-likeness (QED) is 0.796. The molecule has 1 aromatic heterocycles. The maximum Gasteiger partial charge on any atom is 0.0541 e. The van der Waals surface area contributed by atoms with Crippen LogP contribution in [0.1, 0.15) is 38.4 Å². The Balaban J connectivity index is 2.34. The van der Waals surface area contributed by atoms with Crippen LogP contribution >= 0.6 is 0 Å². The number of rotatable bonds is 6. The lowest BCUT2D eigenvalue weighted by Crippen LogP contribution is -2.31. The number of nitrogens with one attached hydrogen (secondary N) is 1. The summed E-state index contributed by atoms with van der Waals surface area (Å²) in [6.45, 7) is 9.86. The Morgan fingerprint density at radius 3 is 2.65 bits per heavy atom. The van der Waals surface area contributed by atoms with Gasteiger partial charge in [0.1, 0.15) is 0 Å². The van der Waals surface area contributed by atoms with Crippen LogP contribution in [0.2, 0.25) is 0 Å². The molecule has 0 aliphatic carbocycles. The first-order valence-corrected chi connectivity index (χ1v) is 6.19. The molecule has 3 nitrogen and oxygen atoms in total. The van der Waals surface area contributed by atoms with Crippen molar-refractivity contribution in [2.75, 3.05) is 6.54 Å². The van der Waals surface area contributed by atoms with Crippen molar-refractivity contribution in [1.82, 2.24) is 10.3 Å². The number of hydrogen-bond donors (Lipinski definition) is 2. The molecule has 0 fully saturated rings. The fraction of sp³-hybridized carbons (Fsp3) is 0.643. The molecule has 0 radical (unpaired) electrons. The smallest absolute Gasteiger partial charge is 0.0541 e. The minimum absolute atomic E-state index is 0.110. The zero-order valence-electron chi connectivity index (χ0n) is 11.3. The molecule has 0 spiro atoms. The normalized spacial score (nSPS) is 13.7. The SMILES string of the molecule is Cc1ccc(CNCC(C)(C)CC(C)O)nc1. The van der Waals surface area contributed by atoms with Gasteiger partial charge in [-0.2, -0.15) is 0 Å². The molecule has 1 rings (SSSR count). The molecule has 2 N–H and O–H groups in total. The Bertz CT molecular complexity index is 331. The summed E-state index contributed by atoms with van der Waals surface area (Å²) in [5.74, 6) is 0. The van der Waals surface area contributed by atoms with E-state index in [-0.39, 0.29) is 11.5 Å². The number of aromatic nitrogens is 1. The van der Waals surface area contributed by atoms with Gasteiger partial charge in [-0.15, -0.1) is 0 Å². The molecule has 0 aromatic carbocycles. The van der Waals surface area contributed by atoms with E-state index < -0.39 is 0 Å². The summed E-state index contributed by atoms with van der Waals surface area (Å²) >= 11 is 0. The first-order chi connectivity index (χ1) is 7.89. The third-order valence-electron chi connectivity index (χ3n) is 2.73. The molecule has 0 saturated heterocycles. The largest absolute Gasteiger partial charge is 0.393 e. The van der Waals surface area contributed by atoms with Crippen molar-refractivity contribution < 1.29 is 5.11 Å². The van der Waals surface area contributed by atoms with E-state index in [0.717, 1.165) is 25.2 Å². The molecule has 1 unspecified atom stereocenters. The van der Waals surface area contributed by atoms with Crippen molar-refractivity contribution >= 4 is 0 Å². The van der Waals surface area contributed by atoms with Gasteiger partial charge in [0.05, 0.1) is 11.8 Å². The predicted octanol–water partition coefficient (Wildman–Crippen LogP) is 2.28. The highest BCUT2D eigenvalue weighted by molar-refractivity contribution is 5.11. The highest BCUT2D eigenvalue weighted by Gasteiger charge is 2.19. The van der Waals surface area contributed by atoms with Crippen LogP contribution in [0.25, 0.3) is 0 Å². The number of aliphatic hydroxyl groups excluding tert-OH is 1. The average molecular weight is 236 g/mol. The summed E-state index contributed by atoms with van der Waals surface area (Å²) in [5, 5.41) is 12.8. The van der Waals surface area contributed by atoms with Gasteiger partial charge in [0.15, 0.2) is 0 Å². The third kappa shape index (κ3) is 5.80. The van der Waals surface area contributed by atoms with Crippen LogP contribution in [0.15, 0.2) is 18.3 Å². The lowest BCUT2D eigenvalue weighted by atomic mass is 9.87. The van der Waals surface area contributed by atoms with Crippen molar-refractivity contribution in [1.29, 1.82) is 0 Å². The zero-order chi connectivity index (χ0) is 12.9. The molecular formula is C14H24N2O. The first kappa shape index (κ1) is 14.1. The van der Waals surface area contributed by atoms with Crippen LogP contribution in [-0.2, 0) is 6.54 Å². The highest BCUT2D eigenvalue weighted by atomic mass is 16.3. The average Bonchev–Trinajstić information content (AvgIpc) is 2.18. The number of nitrogens with zero attached hydrogens (tertiary/aromatic N) is 1. The molecule has 96 valence electrons. The standard InChI is InChI=1S/C14H24N2O/c1-11-5-6-13(16-8-11)9-15-10-14(3,4)7-12(2)17/h5-6,8,12,15,17H,7,9-10H2,1-4H3. The van der Waals surface area contributed by atoms with Gasteiger partial charge < -0.3 is 10.4 Å². The monoisotopic (exact) mass is 236 g/mol. The van der Waals surface area contributed by atoms with Crippen LogP contribution in [0, 0.1) is 12.3 Å². The third-order valence-corrected chi connectivity index (χ3v) is 2.73. The van der Waals surface area contributed by atoms with Crippen LogP contribution < -0.4 is 5.32 Å². The second-order valence-corrected chi connectivity index (χ2v) is 5.65. The van der Waals surface area contributed by atoms with E-state index in [1.54, 1.807) is 0 Å². The Hall–Kier alpha value is -0.930. The lowest BCUT2D eigenvalue weighted by Gasteiger charge is -2.26. The molecule has 0 aliphatic heterocycles. The minimum atomic E-state index is -0.246. The van der Waals surface area contributed by atoms with Gasteiger partial charge in [0.25, 0.3) is 0 Å². The Kier molecular flexibility index (Phi) is 5.09. The molecule has 0 aliphatic rings. The second kappa shape index (κ2) is 6.12. The van der Waals surface area contributed by atoms with Crippen molar-refractivity contribution in [2.24, 2.45) is 5.41 Å². The summed E-state index contributed by atoms with van der Waals surface area (Å²) < 4.78 is 0. The van der Waals surface area contributed by atoms with Gasteiger partial charge in [-0.05, 0) is 37.3 Å². The topological polar surface area (TPSA) is 45.1 Å². The van der Waals surface area contributed by atoms with Crippen LogP contribution in [0.4, 0.5) is 0 Å². The van der Waals surface area contributed by atoms with E-state index >= 15 is 0 Å². The number of hydrogen-bond acceptors (Lipinski definition) is 3. The van der Waals surface area contributed by atoms with E-state index in [2.05, 4.69) is 30.2 Å². The first-order valence-electron chi connectivity index (χ1n) is 6.19. The summed E-state index contributed by atoms with van der Waals surface area (Å²) in [6, 6.07) is 4.12. The van der Waals surface area contributed by atoms with Crippen LogP contribution in [0.3, 0.4) is 0 Å². The molecule has 0 bridgehead atoms. The number of aryl methyl sites for hydroxylation is 1. The summed E-state index contributed by atoms with van der Waals surface area (Å²) in [7, 11) is 0. The van der Waals surface area contributed by atoms with Gasteiger partial charge >= 0.3 is 0 Å². The molecule has 3 heteroatoms. The Morgan fingerprint density at radius 2 is 2.12 bits per heavy atom. The minimum Gasteiger partial charge on any atom is -0.393 e. The van der Waals surface area contributed by atoms with Crippen LogP contribution in [-0.4, -0.2) is 22.7 Å². The predicted molar refractivity (Wildman–Crippen MR) is 70.8 cm³/mol. The fourth-order valence-corrected chi connectivity index (χ4v) is 2.00. The maximum atomic E-state index is 9.39. The molecule has 1 heterocycles. The number of pyridine rings is 1. The van der Waals surface area contributed by atoms with Crippen molar-refractivity contribution in [2.45, 2.75) is 46.8 Å². The molecule has 17 heavy (non-hydrogen) atoms. The van der Waals surface area contributed by atoms with E-state index in [1.807, 2.05) is 26.1 Å². The van der Waals surface area contributed by atoms with E-state index in [0.29, 0.717) is 0 Å². The van der Waals surface area contributed by atoms with Crippen LogP contribution in [0.5, 0.6) is 0 Å². The van der Waals surface area contributed by atoms with Crippen molar-refractivity contribution in [3.05, 3.63) is 29.6 Å². The molecule has 1 aromatic rings. The van der Waals surface area contributed by atoms with Gasteiger partial charge in [-0.1, -0.05) is 19.9 Å².